The summed E-state index contributed by atoms with van der Waals surface area (Å²) in [6.07, 6.45) is 0.126. The van der Waals surface area contributed by atoms with E-state index < -0.39 is 6.23 Å². The van der Waals surface area contributed by atoms with Gasteiger partial charge in [0.25, 0.3) is 0 Å². The second-order valence-corrected chi connectivity index (χ2v) is 2.66. The molecule has 2 amide bonds. The number of hydrogen-bond acceptors (Lipinski definition) is 2. The zero-order valence-corrected chi connectivity index (χ0v) is 6.87. The quantitative estimate of drug-likeness (QED) is 0.600. The van der Waals surface area contributed by atoms with Crippen LogP contribution in [0.4, 0.5) is 4.79 Å². The van der Waals surface area contributed by atoms with Crippen LogP contribution in [0.15, 0.2) is 0 Å². The molecular weight excluding hydrogens is 144 g/mol. The summed E-state index contributed by atoms with van der Waals surface area (Å²) in [7, 11) is 0. The van der Waals surface area contributed by atoms with Crippen LogP contribution in [-0.2, 0) is 0 Å². The lowest BCUT2D eigenvalue weighted by Crippen LogP contribution is -2.35. The topological polar surface area (TPSA) is 52.6 Å². The van der Waals surface area contributed by atoms with Crippen molar-refractivity contribution in [3.8, 4) is 0 Å². The van der Waals surface area contributed by atoms with Gasteiger partial charge in [-0.3, -0.25) is 4.90 Å². The van der Waals surface area contributed by atoms with Gasteiger partial charge in [-0.2, -0.15) is 0 Å². The molecule has 0 radical (unpaired) electrons. The van der Waals surface area contributed by atoms with Crippen molar-refractivity contribution in [3.63, 3.8) is 0 Å². The van der Waals surface area contributed by atoms with E-state index in [1.165, 1.54) is 4.90 Å². The van der Waals surface area contributed by atoms with E-state index in [-0.39, 0.29) is 12.1 Å². The number of likely N-dealkylation sites (N-methyl/N-ethyl adjacent to an activating group) is 1. The number of amides is 2. The van der Waals surface area contributed by atoms with E-state index in [0.29, 0.717) is 6.54 Å². The van der Waals surface area contributed by atoms with Crippen molar-refractivity contribution >= 4 is 6.03 Å². The molecule has 0 saturated carbocycles. The summed E-state index contributed by atoms with van der Waals surface area (Å²) < 4.78 is 0. The largest absolute Gasteiger partial charge is 0.371 e. The molecule has 4 nitrogen and oxygen atoms in total. The average Bonchev–Trinajstić information content (AvgIpc) is 2.26. The van der Waals surface area contributed by atoms with Crippen LogP contribution < -0.4 is 5.32 Å². The number of aliphatic hydroxyl groups is 1. The summed E-state index contributed by atoms with van der Waals surface area (Å²) in [5.74, 6) is 0. The van der Waals surface area contributed by atoms with E-state index in [2.05, 4.69) is 5.32 Å². The Morgan fingerprint density at radius 3 is 2.55 bits per heavy atom. The van der Waals surface area contributed by atoms with Crippen molar-refractivity contribution in [3.05, 3.63) is 0 Å². The number of carbonyl (C=O) groups is 1. The molecule has 1 aliphatic heterocycles. The van der Waals surface area contributed by atoms with Crippen LogP contribution in [0.25, 0.3) is 0 Å². The first-order valence-electron chi connectivity index (χ1n) is 3.95. The highest BCUT2D eigenvalue weighted by Gasteiger charge is 2.35. The number of urea groups is 1. The summed E-state index contributed by atoms with van der Waals surface area (Å²) in [5, 5.41) is 12.2. The summed E-state index contributed by atoms with van der Waals surface area (Å²) in [6.45, 7) is 4.34. The Hall–Kier alpha value is -0.770. The number of carbonyl (C=O) groups excluding carboxylic acids is 1. The van der Waals surface area contributed by atoms with Crippen LogP contribution in [0.3, 0.4) is 0 Å². The Balaban J connectivity index is 2.62. The molecule has 1 rings (SSSR count). The van der Waals surface area contributed by atoms with Gasteiger partial charge in [-0.1, -0.05) is 6.92 Å². The molecule has 0 aliphatic carbocycles. The lowest BCUT2D eigenvalue weighted by molar-refractivity contribution is 0.0435. The maximum absolute atomic E-state index is 11.0. The molecule has 4 heteroatoms. The van der Waals surface area contributed by atoms with Gasteiger partial charge >= 0.3 is 6.03 Å². The third-order valence-electron chi connectivity index (χ3n) is 2.03. The summed E-state index contributed by atoms with van der Waals surface area (Å²) in [4.78, 5) is 12.5. The highest BCUT2D eigenvalue weighted by molar-refractivity contribution is 5.77. The molecule has 1 unspecified atom stereocenters. The Bertz CT molecular complexity index is 161. The molecule has 0 spiro atoms. The van der Waals surface area contributed by atoms with Crippen LogP contribution in [0.1, 0.15) is 20.3 Å². The summed E-state index contributed by atoms with van der Waals surface area (Å²) in [6, 6.07) is -0.255. The number of aliphatic hydroxyl groups excluding tert-OH is 1. The highest BCUT2D eigenvalue weighted by Crippen LogP contribution is 2.12. The lowest BCUT2D eigenvalue weighted by Gasteiger charge is -2.18. The lowest BCUT2D eigenvalue weighted by atomic mass is 10.2. The molecule has 0 aromatic carbocycles. The molecule has 2 atom stereocenters. The predicted octanol–water partition coefficient (Wildman–Crippen LogP) is 0.128. The van der Waals surface area contributed by atoms with Crippen LogP contribution >= 0.6 is 0 Å². The van der Waals surface area contributed by atoms with Crippen molar-refractivity contribution in [2.24, 2.45) is 0 Å². The molecule has 11 heavy (non-hydrogen) atoms. The Labute approximate surface area is 66.2 Å². The number of rotatable bonds is 2. The van der Waals surface area contributed by atoms with Crippen LogP contribution in [0.5, 0.6) is 0 Å². The van der Waals surface area contributed by atoms with Crippen molar-refractivity contribution in [1.29, 1.82) is 0 Å². The van der Waals surface area contributed by atoms with E-state index in [9.17, 15) is 9.90 Å². The second-order valence-electron chi connectivity index (χ2n) is 2.66. The van der Waals surface area contributed by atoms with Crippen LogP contribution in [0, 0.1) is 0 Å². The molecule has 1 aliphatic rings. The first-order chi connectivity index (χ1) is 5.20. The monoisotopic (exact) mass is 158 g/mol. The molecule has 1 fully saturated rings. The number of nitrogens with one attached hydrogen (secondary N) is 1. The van der Waals surface area contributed by atoms with Crippen LogP contribution in [0.2, 0.25) is 0 Å². The third kappa shape index (κ3) is 1.30. The van der Waals surface area contributed by atoms with E-state index >= 15 is 0 Å². The van der Waals surface area contributed by atoms with E-state index in [0.717, 1.165) is 6.42 Å². The van der Waals surface area contributed by atoms with Crippen molar-refractivity contribution < 1.29 is 9.90 Å². The van der Waals surface area contributed by atoms with Gasteiger partial charge in [-0.15, -0.1) is 0 Å². The van der Waals surface area contributed by atoms with Gasteiger partial charge in [0.2, 0.25) is 0 Å². The van der Waals surface area contributed by atoms with Gasteiger partial charge in [-0.25, -0.2) is 4.79 Å². The molecule has 64 valence electrons. The maximum Gasteiger partial charge on any atom is 0.319 e. The van der Waals surface area contributed by atoms with Gasteiger partial charge in [0.05, 0.1) is 6.04 Å². The van der Waals surface area contributed by atoms with E-state index in [1.807, 2.05) is 13.8 Å². The smallest absolute Gasteiger partial charge is 0.319 e. The van der Waals surface area contributed by atoms with Crippen molar-refractivity contribution in [2.75, 3.05) is 6.54 Å². The zero-order chi connectivity index (χ0) is 8.43. The Morgan fingerprint density at radius 1 is 1.64 bits per heavy atom. The van der Waals surface area contributed by atoms with Crippen molar-refractivity contribution in [1.82, 2.24) is 10.2 Å². The molecule has 0 aromatic heterocycles. The first-order valence-corrected chi connectivity index (χ1v) is 3.95. The van der Waals surface area contributed by atoms with Gasteiger partial charge in [0.1, 0.15) is 0 Å². The molecular formula is C7H14N2O2. The Morgan fingerprint density at radius 2 is 2.27 bits per heavy atom. The molecule has 2 N–H and O–H groups in total. The van der Waals surface area contributed by atoms with Gasteiger partial charge < -0.3 is 10.4 Å². The van der Waals surface area contributed by atoms with E-state index in [1.54, 1.807) is 0 Å². The fraction of sp³-hybridized carbons (Fsp3) is 0.857. The fourth-order valence-electron chi connectivity index (χ4n) is 1.30. The molecule has 0 aromatic rings. The average molecular weight is 158 g/mol. The van der Waals surface area contributed by atoms with Gasteiger partial charge in [0, 0.05) is 6.54 Å². The highest BCUT2D eigenvalue weighted by atomic mass is 16.3. The fourth-order valence-corrected chi connectivity index (χ4v) is 1.30. The summed E-state index contributed by atoms with van der Waals surface area (Å²) >= 11 is 0. The molecule has 1 saturated heterocycles. The first kappa shape index (κ1) is 8.33. The third-order valence-corrected chi connectivity index (χ3v) is 2.03. The van der Waals surface area contributed by atoms with Gasteiger partial charge in [0.15, 0.2) is 6.23 Å². The normalized spacial score (nSPS) is 30.8. The molecule has 1 heterocycles. The van der Waals surface area contributed by atoms with Gasteiger partial charge in [-0.05, 0) is 13.3 Å². The van der Waals surface area contributed by atoms with Crippen molar-refractivity contribution in [2.45, 2.75) is 32.5 Å². The van der Waals surface area contributed by atoms with E-state index in [4.69, 9.17) is 0 Å². The zero-order valence-electron chi connectivity index (χ0n) is 6.87. The second kappa shape index (κ2) is 3.09. The Kier molecular flexibility index (Phi) is 2.34. The minimum atomic E-state index is -0.641. The standard InChI is InChI=1S/C7H14N2O2/c1-3-5-6(10)9(4-2)7(11)8-5/h5-6,10H,3-4H2,1-2H3,(H,8,11)/t5-,6?/m1/s1. The maximum atomic E-state index is 11.0. The number of hydrogen-bond donors (Lipinski definition) is 2. The minimum Gasteiger partial charge on any atom is -0.371 e. The van der Waals surface area contributed by atoms with Crippen LogP contribution in [-0.4, -0.2) is 34.9 Å². The SMILES string of the molecule is CC[C@H]1NC(=O)N(CC)C1O. The summed E-state index contributed by atoms with van der Waals surface area (Å²) in [5.41, 5.74) is 0. The predicted molar refractivity (Wildman–Crippen MR) is 41.0 cm³/mol. The minimum absolute atomic E-state index is 0.0950. The molecule has 0 bridgehead atoms. The number of nitrogens with zero attached hydrogens (tertiary/aromatic N) is 1.